The van der Waals surface area contributed by atoms with Gasteiger partial charge in [-0.05, 0) is 36.3 Å². The second-order valence-corrected chi connectivity index (χ2v) is 7.61. The van der Waals surface area contributed by atoms with Crippen LogP contribution in [0, 0.1) is 12.8 Å². The molecule has 0 spiro atoms. The number of pyridine rings is 1. The first kappa shape index (κ1) is 24.2. The Kier molecular flexibility index (Phi) is 9.33. The standard InChI is InChI=1S/C22H27FN4O3S/c1-6-9-10-18(29-5)19(23)16-11-14(4)24-12-17(16)20(28)25-21-26-27-22(31-21)30-13-15(7-2)8-3/h6,9-12,15H,1,7-8,13H2,2-5H3,(H,25,26,28)/b10-9-,19-18+. The number of hydrogen-bond donors (Lipinski definition) is 1. The van der Waals surface area contributed by atoms with Gasteiger partial charge in [0.25, 0.3) is 11.1 Å². The molecule has 0 radical (unpaired) electrons. The van der Waals surface area contributed by atoms with E-state index in [4.69, 9.17) is 9.47 Å². The van der Waals surface area contributed by atoms with Crippen molar-refractivity contribution in [3.63, 3.8) is 0 Å². The summed E-state index contributed by atoms with van der Waals surface area (Å²) in [6.45, 7) is 10.0. The highest BCUT2D eigenvalue weighted by Crippen LogP contribution is 2.28. The Morgan fingerprint density at radius 3 is 2.71 bits per heavy atom. The third kappa shape index (κ3) is 6.71. The number of halogens is 1. The molecule has 0 saturated heterocycles. The largest absolute Gasteiger partial charge is 0.494 e. The number of methoxy groups -OCH3 is 1. The number of hydrogen-bond acceptors (Lipinski definition) is 7. The fraction of sp³-hybridized carbons (Fsp3) is 0.364. The topological polar surface area (TPSA) is 86.2 Å². The van der Waals surface area contributed by atoms with Crippen molar-refractivity contribution >= 4 is 28.2 Å². The number of ether oxygens (including phenoxy) is 2. The van der Waals surface area contributed by atoms with E-state index >= 15 is 4.39 Å². The van der Waals surface area contributed by atoms with Gasteiger partial charge in [-0.15, -0.1) is 5.10 Å². The van der Waals surface area contributed by atoms with Gasteiger partial charge in [-0.1, -0.05) is 50.5 Å². The molecule has 0 aromatic carbocycles. The number of amides is 1. The Balaban J connectivity index is 2.24. The first-order valence-corrected chi connectivity index (χ1v) is 10.7. The number of nitrogens with zero attached hydrogens (tertiary/aromatic N) is 3. The molecular weight excluding hydrogens is 419 g/mol. The molecule has 2 aromatic rings. The van der Waals surface area contributed by atoms with Gasteiger partial charge < -0.3 is 9.47 Å². The van der Waals surface area contributed by atoms with Crippen LogP contribution in [0.5, 0.6) is 5.19 Å². The summed E-state index contributed by atoms with van der Waals surface area (Å²) in [6.07, 6.45) is 7.79. The number of aryl methyl sites for hydroxylation is 1. The van der Waals surface area contributed by atoms with E-state index in [2.05, 4.69) is 40.9 Å². The molecule has 0 bridgehead atoms. The highest BCUT2D eigenvalue weighted by molar-refractivity contribution is 7.17. The SMILES string of the molecule is C=C/C=C\C(OC)=C(/F)c1cc(C)ncc1C(=O)Nc1nnc(OCC(CC)CC)s1. The summed E-state index contributed by atoms with van der Waals surface area (Å²) < 4.78 is 25.9. The van der Waals surface area contributed by atoms with Crippen molar-refractivity contribution in [3.05, 3.63) is 59.7 Å². The van der Waals surface area contributed by atoms with Crippen LogP contribution in [0.4, 0.5) is 9.52 Å². The molecule has 1 amide bonds. The maximum Gasteiger partial charge on any atom is 0.295 e. The summed E-state index contributed by atoms with van der Waals surface area (Å²) in [5, 5.41) is 11.1. The Labute approximate surface area is 185 Å². The quantitative estimate of drug-likeness (QED) is 0.371. The molecule has 31 heavy (non-hydrogen) atoms. The molecule has 2 aromatic heterocycles. The minimum atomic E-state index is -0.692. The van der Waals surface area contributed by atoms with Gasteiger partial charge in [-0.3, -0.25) is 15.1 Å². The van der Waals surface area contributed by atoms with Crippen LogP contribution in [-0.4, -0.2) is 34.8 Å². The second-order valence-electron chi connectivity index (χ2n) is 6.67. The molecule has 7 nitrogen and oxygen atoms in total. The summed E-state index contributed by atoms with van der Waals surface area (Å²) in [5.41, 5.74) is 0.655. The lowest BCUT2D eigenvalue weighted by atomic mass is 10.1. The average Bonchev–Trinajstić information content (AvgIpc) is 3.21. The lowest BCUT2D eigenvalue weighted by molar-refractivity contribution is 0.102. The maximum atomic E-state index is 15.1. The molecule has 0 aliphatic rings. The summed E-state index contributed by atoms with van der Waals surface area (Å²) in [7, 11) is 1.35. The lowest BCUT2D eigenvalue weighted by Crippen LogP contribution is -2.15. The molecule has 0 fully saturated rings. The summed E-state index contributed by atoms with van der Waals surface area (Å²) in [5.74, 6) is -0.859. The number of anilines is 1. The highest BCUT2D eigenvalue weighted by atomic mass is 32.1. The Hall–Kier alpha value is -3.07. The number of allylic oxidation sites excluding steroid dienone is 3. The van der Waals surface area contributed by atoms with E-state index in [0.29, 0.717) is 23.4 Å². The zero-order valence-electron chi connectivity index (χ0n) is 18.1. The number of aromatic nitrogens is 3. The number of carbonyl (C=O) groups is 1. The van der Waals surface area contributed by atoms with Gasteiger partial charge in [0.2, 0.25) is 5.13 Å². The van der Waals surface area contributed by atoms with Crippen molar-refractivity contribution < 1.29 is 18.7 Å². The summed E-state index contributed by atoms with van der Waals surface area (Å²) >= 11 is 1.11. The van der Waals surface area contributed by atoms with Crippen LogP contribution in [0.1, 0.15) is 48.3 Å². The van der Waals surface area contributed by atoms with Crippen molar-refractivity contribution in [2.45, 2.75) is 33.6 Å². The molecule has 2 heterocycles. The van der Waals surface area contributed by atoms with Crippen LogP contribution in [0.25, 0.3) is 5.83 Å². The van der Waals surface area contributed by atoms with E-state index in [0.717, 1.165) is 24.2 Å². The number of rotatable bonds is 11. The predicted octanol–water partition coefficient (Wildman–Crippen LogP) is 5.34. The number of carbonyl (C=O) groups excluding carboxylic acids is 1. The molecule has 9 heteroatoms. The Bertz CT molecular complexity index is 967. The molecule has 166 valence electrons. The van der Waals surface area contributed by atoms with Gasteiger partial charge in [-0.2, -0.15) is 0 Å². The van der Waals surface area contributed by atoms with Gasteiger partial charge in [0.05, 0.1) is 19.3 Å². The molecule has 0 aliphatic carbocycles. The lowest BCUT2D eigenvalue weighted by Gasteiger charge is -2.11. The minimum absolute atomic E-state index is 0.0347. The van der Waals surface area contributed by atoms with Crippen LogP contribution in [0.15, 0.2) is 42.8 Å². The van der Waals surface area contributed by atoms with Crippen LogP contribution < -0.4 is 10.1 Å². The summed E-state index contributed by atoms with van der Waals surface area (Å²) in [6, 6.07) is 1.48. The molecular formula is C22H27FN4O3S. The second kappa shape index (κ2) is 11.9. The van der Waals surface area contributed by atoms with Gasteiger partial charge >= 0.3 is 0 Å². The van der Waals surface area contributed by atoms with E-state index in [-0.39, 0.29) is 22.0 Å². The van der Waals surface area contributed by atoms with E-state index in [1.54, 1.807) is 6.92 Å². The van der Waals surface area contributed by atoms with Crippen LogP contribution in [0.2, 0.25) is 0 Å². The van der Waals surface area contributed by atoms with E-state index in [9.17, 15) is 4.79 Å². The molecule has 1 N–H and O–H groups in total. The normalized spacial score (nSPS) is 12.1. The fourth-order valence-electron chi connectivity index (χ4n) is 2.64. The highest BCUT2D eigenvalue weighted by Gasteiger charge is 2.20. The van der Waals surface area contributed by atoms with Gasteiger partial charge in [0, 0.05) is 17.5 Å². The van der Waals surface area contributed by atoms with Crippen molar-refractivity contribution in [1.29, 1.82) is 0 Å². The molecule has 0 unspecified atom stereocenters. The zero-order valence-corrected chi connectivity index (χ0v) is 19.0. The first-order valence-electron chi connectivity index (χ1n) is 9.90. The van der Waals surface area contributed by atoms with E-state index in [1.807, 2.05) is 0 Å². The monoisotopic (exact) mass is 446 g/mol. The molecule has 0 atom stereocenters. The van der Waals surface area contributed by atoms with Crippen LogP contribution in [0.3, 0.4) is 0 Å². The van der Waals surface area contributed by atoms with Crippen molar-refractivity contribution in [3.8, 4) is 5.19 Å². The zero-order chi connectivity index (χ0) is 22.8. The Morgan fingerprint density at radius 2 is 2.06 bits per heavy atom. The third-order valence-corrected chi connectivity index (χ3v) is 5.32. The molecule has 0 aliphatic heterocycles. The fourth-order valence-corrected chi connectivity index (χ4v) is 3.24. The summed E-state index contributed by atoms with van der Waals surface area (Å²) in [4.78, 5) is 16.9. The smallest absolute Gasteiger partial charge is 0.295 e. The molecule has 0 saturated carbocycles. The van der Waals surface area contributed by atoms with Crippen molar-refractivity contribution in [2.24, 2.45) is 5.92 Å². The Morgan fingerprint density at radius 1 is 1.32 bits per heavy atom. The van der Waals surface area contributed by atoms with Crippen LogP contribution >= 0.6 is 11.3 Å². The van der Waals surface area contributed by atoms with Gasteiger partial charge in [-0.25, -0.2) is 4.39 Å². The van der Waals surface area contributed by atoms with Crippen molar-refractivity contribution in [2.75, 3.05) is 19.0 Å². The maximum absolute atomic E-state index is 15.1. The van der Waals surface area contributed by atoms with Crippen molar-refractivity contribution in [1.82, 2.24) is 15.2 Å². The third-order valence-electron chi connectivity index (χ3n) is 4.57. The van der Waals surface area contributed by atoms with Crippen LogP contribution in [-0.2, 0) is 4.74 Å². The van der Waals surface area contributed by atoms with E-state index < -0.39 is 11.7 Å². The minimum Gasteiger partial charge on any atom is -0.494 e. The molecule has 2 rings (SSSR count). The average molecular weight is 447 g/mol. The van der Waals surface area contributed by atoms with Gasteiger partial charge in [0.15, 0.2) is 11.6 Å². The first-order chi connectivity index (χ1) is 14.9. The van der Waals surface area contributed by atoms with E-state index in [1.165, 1.54) is 37.6 Å². The van der Waals surface area contributed by atoms with Gasteiger partial charge in [0.1, 0.15) is 0 Å². The predicted molar refractivity (Wildman–Crippen MR) is 121 cm³/mol. The number of nitrogens with one attached hydrogen (secondary N) is 1.